The molecule has 0 radical (unpaired) electrons. The summed E-state index contributed by atoms with van der Waals surface area (Å²) in [5.41, 5.74) is 6.10. The highest BCUT2D eigenvalue weighted by atomic mass is 32.2. The fourth-order valence-corrected chi connectivity index (χ4v) is 2.02. The van der Waals surface area contributed by atoms with Gasteiger partial charge in [0.2, 0.25) is 0 Å². The van der Waals surface area contributed by atoms with Gasteiger partial charge in [-0.2, -0.15) is 10.2 Å². The molecule has 2 rings (SSSR count). The summed E-state index contributed by atoms with van der Waals surface area (Å²) in [6, 6.07) is 1.36. The lowest BCUT2D eigenvalue weighted by Gasteiger charge is -2.03. The molecule has 5 N–H and O–H groups in total. The molecule has 0 aliphatic heterocycles. The Morgan fingerprint density at radius 1 is 1.38 bits per heavy atom. The van der Waals surface area contributed by atoms with Gasteiger partial charge in [0.1, 0.15) is 5.82 Å². The molecule has 0 aliphatic carbocycles. The summed E-state index contributed by atoms with van der Waals surface area (Å²) < 4.78 is 25.7. The Hall–Kier alpha value is -1.87. The number of nitrogen functional groups attached to an aromatic ring is 1. The first-order valence-corrected chi connectivity index (χ1v) is 5.84. The number of nitrogens with one attached hydrogen (secondary N) is 3. The highest BCUT2D eigenvalue weighted by Gasteiger charge is 2.15. The average molecular weight is 242 g/mol. The quantitative estimate of drug-likeness (QED) is 0.557. The first-order chi connectivity index (χ1) is 7.59. The molecule has 0 unspecified atom stereocenters. The summed E-state index contributed by atoms with van der Waals surface area (Å²) in [5.74, 6) is 0.340. The van der Waals surface area contributed by atoms with Gasteiger partial charge in [-0.3, -0.25) is 10.2 Å². The van der Waals surface area contributed by atoms with E-state index in [0.717, 1.165) is 0 Å². The highest BCUT2D eigenvalue weighted by Crippen LogP contribution is 2.08. The molecule has 0 bridgehead atoms. The molecular formula is C7H10N6O2S. The van der Waals surface area contributed by atoms with Crippen molar-refractivity contribution in [2.45, 2.75) is 11.6 Å². The van der Waals surface area contributed by atoms with Crippen molar-refractivity contribution in [1.82, 2.24) is 25.1 Å². The van der Waals surface area contributed by atoms with Gasteiger partial charge in [-0.25, -0.2) is 13.1 Å². The fraction of sp³-hybridized carbons (Fsp3) is 0.143. The third-order valence-corrected chi connectivity index (χ3v) is 3.30. The second-order valence-electron chi connectivity index (χ2n) is 3.05. The van der Waals surface area contributed by atoms with Crippen molar-refractivity contribution < 1.29 is 8.42 Å². The normalized spacial score (nSPS) is 11.8. The van der Waals surface area contributed by atoms with Crippen molar-refractivity contribution in [2.75, 3.05) is 5.73 Å². The smallest absolute Gasteiger partial charge is 0.257 e. The van der Waals surface area contributed by atoms with E-state index in [1.165, 1.54) is 18.5 Å². The third kappa shape index (κ3) is 2.04. The zero-order chi connectivity index (χ0) is 11.6. The molecule has 86 valence electrons. The van der Waals surface area contributed by atoms with Crippen molar-refractivity contribution in [3.63, 3.8) is 0 Å². The average Bonchev–Trinajstić information content (AvgIpc) is 2.85. The topological polar surface area (TPSA) is 130 Å². The van der Waals surface area contributed by atoms with Gasteiger partial charge in [0, 0.05) is 12.1 Å². The number of sulfonamides is 1. The number of aromatic nitrogens is 4. The Bertz CT molecular complexity index is 557. The van der Waals surface area contributed by atoms with Crippen LogP contribution in [0.4, 0.5) is 5.82 Å². The molecule has 0 atom stereocenters. The molecule has 0 saturated heterocycles. The fourth-order valence-electron chi connectivity index (χ4n) is 1.11. The summed E-state index contributed by atoms with van der Waals surface area (Å²) >= 11 is 0. The molecule has 0 aromatic carbocycles. The van der Waals surface area contributed by atoms with Crippen LogP contribution >= 0.6 is 0 Å². The lowest BCUT2D eigenvalue weighted by molar-refractivity contribution is 0.577. The van der Waals surface area contributed by atoms with Crippen LogP contribution in [0.15, 0.2) is 23.5 Å². The number of rotatable bonds is 4. The van der Waals surface area contributed by atoms with Gasteiger partial charge in [-0.15, -0.1) is 0 Å². The minimum Gasteiger partial charge on any atom is -0.384 e. The van der Waals surface area contributed by atoms with Crippen molar-refractivity contribution in [1.29, 1.82) is 0 Å². The number of hydrogen-bond donors (Lipinski definition) is 4. The predicted molar refractivity (Wildman–Crippen MR) is 55.6 cm³/mol. The van der Waals surface area contributed by atoms with Crippen LogP contribution in [0.3, 0.4) is 0 Å². The van der Waals surface area contributed by atoms with Crippen molar-refractivity contribution in [3.8, 4) is 0 Å². The van der Waals surface area contributed by atoms with E-state index in [1.807, 2.05) is 0 Å². The molecule has 0 spiro atoms. The van der Waals surface area contributed by atoms with Crippen LogP contribution in [0.2, 0.25) is 0 Å². The second-order valence-corrected chi connectivity index (χ2v) is 4.79. The van der Waals surface area contributed by atoms with E-state index in [1.54, 1.807) is 0 Å². The summed E-state index contributed by atoms with van der Waals surface area (Å²) in [6.07, 6.45) is 2.82. The number of nitrogens with two attached hydrogens (primary N) is 1. The number of anilines is 1. The van der Waals surface area contributed by atoms with E-state index in [9.17, 15) is 8.42 Å². The lowest BCUT2D eigenvalue weighted by atomic mass is 10.3. The van der Waals surface area contributed by atoms with Gasteiger partial charge in [-0.1, -0.05) is 0 Å². The predicted octanol–water partition coefficient (Wildman–Crippen LogP) is -0.807. The standard InChI is InChI=1S/C7H10N6O2S/c8-7-5(3-10-13-7)4-11-16(14,15)6-1-2-9-12-6/h1-3,11H,4H2,(H,9,12)(H3,8,10,13). The maximum absolute atomic E-state index is 11.6. The zero-order valence-corrected chi connectivity index (χ0v) is 8.95. The van der Waals surface area contributed by atoms with Gasteiger partial charge in [0.05, 0.1) is 12.4 Å². The van der Waals surface area contributed by atoms with Crippen LogP contribution in [0.25, 0.3) is 0 Å². The van der Waals surface area contributed by atoms with E-state index in [0.29, 0.717) is 11.4 Å². The largest absolute Gasteiger partial charge is 0.384 e. The Balaban J connectivity index is 2.09. The first-order valence-electron chi connectivity index (χ1n) is 4.36. The minimum absolute atomic E-state index is 0.00886. The molecule has 8 nitrogen and oxygen atoms in total. The summed E-state index contributed by atoms with van der Waals surface area (Å²) in [4.78, 5) is 0. The second kappa shape index (κ2) is 3.94. The van der Waals surface area contributed by atoms with Gasteiger partial charge in [-0.05, 0) is 6.07 Å². The first kappa shape index (κ1) is 10.6. The van der Waals surface area contributed by atoms with Crippen molar-refractivity contribution in [3.05, 3.63) is 24.0 Å². The molecule has 0 amide bonds. The molecule has 0 aliphatic rings. The zero-order valence-electron chi connectivity index (χ0n) is 8.14. The highest BCUT2D eigenvalue weighted by molar-refractivity contribution is 7.89. The van der Waals surface area contributed by atoms with E-state index < -0.39 is 10.0 Å². The Morgan fingerprint density at radius 2 is 2.19 bits per heavy atom. The van der Waals surface area contributed by atoms with Crippen molar-refractivity contribution in [2.24, 2.45) is 0 Å². The molecule has 0 saturated carbocycles. The van der Waals surface area contributed by atoms with Crippen molar-refractivity contribution >= 4 is 15.8 Å². The van der Waals surface area contributed by atoms with Crippen LogP contribution < -0.4 is 10.5 Å². The van der Waals surface area contributed by atoms with Crippen LogP contribution in [0, 0.1) is 0 Å². The molecule has 16 heavy (non-hydrogen) atoms. The van der Waals surface area contributed by atoms with E-state index >= 15 is 0 Å². The van der Waals surface area contributed by atoms with Crippen LogP contribution in [0.5, 0.6) is 0 Å². The Labute approximate surface area is 91.3 Å². The number of hydrogen-bond acceptors (Lipinski definition) is 5. The molecule has 2 aromatic rings. The van der Waals surface area contributed by atoms with Gasteiger partial charge >= 0.3 is 0 Å². The molecule has 2 heterocycles. The molecule has 2 aromatic heterocycles. The lowest BCUT2D eigenvalue weighted by Crippen LogP contribution is -2.23. The van der Waals surface area contributed by atoms with Gasteiger partial charge in [0.25, 0.3) is 10.0 Å². The number of H-pyrrole nitrogens is 2. The number of aromatic amines is 2. The third-order valence-electron chi connectivity index (χ3n) is 1.97. The summed E-state index contributed by atoms with van der Waals surface area (Å²) in [5, 5.41) is 12.1. The minimum atomic E-state index is -3.58. The van der Waals surface area contributed by atoms with Gasteiger partial charge < -0.3 is 5.73 Å². The maximum Gasteiger partial charge on any atom is 0.257 e. The Morgan fingerprint density at radius 3 is 2.75 bits per heavy atom. The summed E-state index contributed by atoms with van der Waals surface area (Å²) in [6.45, 7) is 0.0731. The molecular weight excluding hydrogens is 232 g/mol. The summed E-state index contributed by atoms with van der Waals surface area (Å²) in [7, 11) is -3.58. The van der Waals surface area contributed by atoms with Crippen LogP contribution in [-0.2, 0) is 16.6 Å². The number of nitrogens with zero attached hydrogens (tertiary/aromatic N) is 2. The molecule has 0 fully saturated rings. The molecule has 9 heteroatoms. The SMILES string of the molecule is Nc1[nH]ncc1CNS(=O)(=O)c1ccn[nH]1. The van der Waals surface area contributed by atoms with E-state index in [4.69, 9.17) is 5.73 Å². The van der Waals surface area contributed by atoms with E-state index in [2.05, 4.69) is 25.1 Å². The monoisotopic (exact) mass is 242 g/mol. The van der Waals surface area contributed by atoms with Crippen LogP contribution in [0.1, 0.15) is 5.56 Å². The van der Waals surface area contributed by atoms with Crippen LogP contribution in [-0.4, -0.2) is 28.8 Å². The van der Waals surface area contributed by atoms with Gasteiger partial charge in [0.15, 0.2) is 5.03 Å². The maximum atomic E-state index is 11.6. The Kier molecular flexibility index (Phi) is 2.62. The van der Waals surface area contributed by atoms with E-state index in [-0.39, 0.29) is 11.6 Å².